The number of nitrogen functional groups attached to an aromatic ring is 2. The fraction of sp³-hybridized carbons (Fsp3) is 0.514. The number of ether oxygens (including phenoxy) is 3. The number of allylic oxidation sites excluding steroid dienone is 1. The van der Waals surface area contributed by atoms with Crippen molar-refractivity contribution in [2.24, 2.45) is 44.5 Å². The molecule has 0 aliphatic rings. The van der Waals surface area contributed by atoms with Crippen molar-refractivity contribution < 1.29 is 23.8 Å². The van der Waals surface area contributed by atoms with E-state index in [2.05, 4.69) is 35.6 Å². The number of anilines is 2. The number of nitrogens with zero attached hydrogens (tertiary/aromatic N) is 14. The van der Waals surface area contributed by atoms with Gasteiger partial charge in [-0.05, 0) is 32.8 Å². The van der Waals surface area contributed by atoms with Gasteiger partial charge in [-0.15, -0.1) is 20.5 Å². The number of carbonyl (C=O) groups is 2. The highest BCUT2D eigenvalue weighted by molar-refractivity contribution is 5.98. The maximum absolute atomic E-state index is 12.7. The third-order valence-corrected chi connectivity index (χ3v) is 8.57. The van der Waals surface area contributed by atoms with E-state index in [0.29, 0.717) is 23.6 Å². The minimum Gasteiger partial charge on any atom is -0.484 e. The Morgan fingerprint density at radius 1 is 0.707 bits per heavy atom. The SMILES string of the molecule is CCOC(=O)c1cnn(C)c1N=Nc1c(C(C)(C)C)nn(C(/N=C(\N=C(/C)OC)n2nc(C(C)(C)C)c(N=Nc3c(C(=O)OCC)cnn3C)c2N)=C(C)CC)c1N. The Morgan fingerprint density at radius 3 is 1.53 bits per heavy atom. The molecule has 0 saturated heterocycles. The van der Waals surface area contributed by atoms with Gasteiger partial charge in [-0.3, -0.25) is 0 Å². The van der Waals surface area contributed by atoms with Crippen LogP contribution in [0.5, 0.6) is 0 Å². The van der Waals surface area contributed by atoms with Crippen LogP contribution in [0.1, 0.15) is 115 Å². The molecule has 4 N–H and O–H groups in total. The van der Waals surface area contributed by atoms with E-state index in [4.69, 9.17) is 40.9 Å². The van der Waals surface area contributed by atoms with E-state index < -0.39 is 22.8 Å². The van der Waals surface area contributed by atoms with E-state index in [-0.39, 0.29) is 70.8 Å². The highest BCUT2D eigenvalue weighted by Crippen LogP contribution is 2.40. The van der Waals surface area contributed by atoms with Crippen molar-refractivity contribution >= 4 is 64.3 Å². The summed E-state index contributed by atoms with van der Waals surface area (Å²) in [5.74, 6) is -0.166. The van der Waals surface area contributed by atoms with Crippen LogP contribution in [0.3, 0.4) is 0 Å². The molecule has 0 bridgehead atoms. The minimum atomic E-state index is -0.609. The average molecular weight is 803 g/mol. The van der Waals surface area contributed by atoms with Crippen molar-refractivity contribution in [1.82, 2.24) is 39.1 Å². The number of methoxy groups -OCH3 is 1. The molecule has 0 atom stereocenters. The first-order chi connectivity index (χ1) is 27.2. The van der Waals surface area contributed by atoms with Crippen LogP contribution < -0.4 is 11.5 Å². The molecular weight excluding hydrogens is 749 g/mol. The predicted molar refractivity (Wildman–Crippen MR) is 219 cm³/mol. The topological polar surface area (TPSA) is 259 Å². The largest absolute Gasteiger partial charge is 0.484 e. The molecule has 4 heterocycles. The number of hydrogen-bond acceptors (Lipinski definition) is 16. The first kappa shape index (κ1) is 44.2. The second-order valence-corrected chi connectivity index (χ2v) is 15.0. The van der Waals surface area contributed by atoms with Crippen LogP contribution in [0.2, 0.25) is 0 Å². The zero-order chi connectivity index (χ0) is 43.3. The van der Waals surface area contributed by atoms with Crippen LogP contribution in [-0.2, 0) is 39.1 Å². The number of aliphatic imine (C=N–C) groups is 2. The Bertz CT molecular complexity index is 2320. The quantitative estimate of drug-likeness (QED) is 0.0671. The second-order valence-electron chi connectivity index (χ2n) is 15.0. The van der Waals surface area contributed by atoms with Gasteiger partial charge in [0.1, 0.15) is 11.1 Å². The van der Waals surface area contributed by atoms with Gasteiger partial charge in [-0.1, -0.05) is 48.5 Å². The van der Waals surface area contributed by atoms with Crippen molar-refractivity contribution in [2.75, 3.05) is 31.8 Å². The lowest BCUT2D eigenvalue weighted by Gasteiger charge is -2.15. The molecule has 0 spiro atoms. The van der Waals surface area contributed by atoms with Gasteiger partial charge in [0.25, 0.3) is 5.96 Å². The lowest BCUT2D eigenvalue weighted by molar-refractivity contribution is 0.0517. The molecule has 0 aliphatic carbocycles. The van der Waals surface area contributed by atoms with Crippen molar-refractivity contribution in [2.45, 2.75) is 93.4 Å². The van der Waals surface area contributed by atoms with Crippen LogP contribution in [0.4, 0.5) is 34.6 Å². The van der Waals surface area contributed by atoms with E-state index in [1.807, 2.05) is 55.4 Å². The normalized spacial score (nSPS) is 13.5. The Hall–Kier alpha value is -6.54. The van der Waals surface area contributed by atoms with Crippen LogP contribution in [-0.4, -0.2) is 83.2 Å². The van der Waals surface area contributed by atoms with Crippen LogP contribution >= 0.6 is 0 Å². The van der Waals surface area contributed by atoms with Gasteiger partial charge in [0.05, 0.1) is 44.1 Å². The lowest BCUT2D eigenvalue weighted by Crippen LogP contribution is -2.20. The molecule has 21 nitrogen and oxygen atoms in total. The van der Waals surface area contributed by atoms with Crippen LogP contribution in [0, 0.1) is 0 Å². The van der Waals surface area contributed by atoms with Gasteiger partial charge >= 0.3 is 11.9 Å². The van der Waals surface area contributed by atoms with Crippen LogP contribution in [0.25, 0.3) is 5.82 Å². The average Bonchev–Trinajstić information content (AvgIpc) is 3.90. The molecule has 0 aliphatic heterocycles. The van der Waals surface area contributed by atoms with Crippen molar-refractivity contribution in [3.8, 4) is 0 Å². The van der Waals surface area contributed by atoms with E-state index in [1.165, 1.54) is 38.2 Å². The molecule has 0 unspecified atom stereocenters. The molecule has 4 rings (SSSR count). The van der Waals surface area contributed by atoms with E-state index in [1.54, 1.807) is 34.9 Å². The van der Waals surface area contributed by atoms with E-state index in [9.17, 15) is 9.59 Å². The lowest BCUT2D eigenvalue weighted by atomic mass is 9.91. The van der Waals surface area contributed by atoms with Gasteiger partial charge < -0.3 is 25.7 Å². The number of azo groups is 2. The zero-order valence-corrected chi connectivity index (χ0v) is 35.7. The minimum absolute atomic E-state index is 0.0105. The molecular formula is C37H54N16O5. The summed E-state index contributed by atoms with van der Waals surface area (Å²) in [5, 5.41) is 36.0. The molecule has 0 aromatic carbocycles. The van der Waals surface area contributed by atoms with Crippen molar-refractivity contribution in [3.63, 3.8) is 0 Å². The van der Waals surface area contributed by atoms with Gasteiger partial charge in [-0.25, -0.2) is 19.0 Å². The Labute approximate surface area is 336 Å². The maximum atomic E-state index is 12.7. The molecule has 0 radical (unpaired) electrons. The number of aromatic nitrogens is 8. The molecule has 0 fully saturated rings. The highest BCUT2D eigenvalue weighted by Gasteiger charge is 2.31. The van der Waals surface area contributed by atoms with Gasteiger partial charge in [0.15, 0.2) is 46.4 Å². The summed E-state index contributed by atoms with van der Waals surface area (Å²) in [6, 6.07) is 0. The van der Waals surface area contributed by atoms with Gasteiger partial charge in [-0.2, -0.15) is 39.7 Å². The number of hydrogen-bond donors (Lipinski definition) is 2. The summed E-state index contributed by atoms with van der Waals surface area (Å²) in [6.07, 6.45) is 3.26. The van der Waals surface area contributed by atoms with Crippen LogP contribution in [0.15, 0.2) is 48.4 Å². The third-order valence-electron chi connectivity index (χ3n) is 8.57. The third kappa shape index (κ3) is 9.35. The fourth-order valence-corrected chi connectivity index (χ4v) is 5.25. The number of rotatable bonds is 11. The smallest absolute Gasteiger partial charge is 0.343 e. The molecule has 21 heteroatoms. The molecule has 0 saturated carbocycles. The summed E-state index contributed by atoms with van der Waals surface area (Å²) in [7, 11) is 4.74. The summed E-state index contributed by atoms with van der Waals surface area (Å²) in [4.78, 5) is 35.0. The summed E-state index contributed by atoms with van der Waals surface area (Å²) in [5.41, 5.74) is 15.0. The molecule has 4 aromatic rings. The Kier molecular flexibility index (Phi) is 13.5. The monoisotopic (exact) mass is 802 g/mol. The van der Waals surface area contributed by atoms with Gasteiger partial charge in [0.2, 0.25) is 0 Å². The summed E-state index contributed by atoms with van der Waals surface area (Å²) < 4.78 is 21.4. The van der Waals surface area contributed by atoms with Gasteiger partial charge in [0, 0.05) is 31.8 Å². The maximum Gasteiger partial charge on any atom is 0.343 e. The first-order valence-electron chi connectivity index (χ1n) is 18.6. The number of aryl methyl sites for hydroxylation is 2. The fourth-order valence-electron chi connectivity index (χ4n) is 5.25. The predicted octanol–water partition coefficient (Wildman–Crippen LogP) is 7.06. The standard InChI is InChI=1S/C37H54N16O5/c1-15-20(4)30(52-28(38)24(26(48-52)36(6,7)8)44-46-31-22(18-40-50(31)12)33(54)57-16-2)43-35(42-21(5)56-14)53-29(39)25(27(49-53)37(9,10)11)45-47-32-23(19-41-51(32)13)34(55)58-17-3/h18-19H,15-17,38-39H2,1-14H3/b30-20?,42-21+,43-35+,46-44?,47-45?. The van der Waals surface area contributed by atoms with E-state index in [0.717, 1.165) is 5.57 Å². The van der Waals surface area contributed by atoms with Crippen molar-refractivity contribution in [3.05, 3.63) is 40.5 Å². The molecule has 0 amide bonds. The molecule has 312 valence electrons. The highest BCUT2D eigenvalue weighted by atomic mass is 16.5. The summed E-state index contributed by atoms with van der Waals surface area (Å²) >= 11 is 0. The zero-order valence-electron chi connectivity index (χ0n) is 35.7. The number of carbonyl (C=O) groups excluding carboxylic acids is 2. The second kappa shape index (κ2) is 17.7. The van der Waals surface area contributed by atoms with Crippen molar-refractivity contribution in [1.29, 1.82) is 0 Å². The first-order valence-corrected chi connectivity index (χ1v) is 18.6. The molecule has 58 heavy (non-hydrogen) atoms. The number of esters is 2. The Balaban J connectivity index is 1.98. The summed E-state index contributed by atoms with van der Waals surface area (Å²) in [6.45, 7) is 20.9. The molecule has 4 aromatic heterocycles. The Morgan fingerprint density at radius 2 is 1.14 bits per heavy atom. The van der Waals surface area contributed by atoms with E-state index >= 15 is 0 Å². The number of nitrogens with two attached hydrogens (primary N) is 2.